The van der Waals surface area contributed by atoms with E-state index in [1.54, 1.807) is 13.3 Å². The summed E-state index contributed by atoms with van der Waals surface area (Å²) in [6.45, 7) is 9.91. The number of ether oxygens (including phenoxy) is 3. The van der Waals surface area contributed by atoms with Gasteiger partial charge < -0.3 is 18.8 Å². The summed E-state index contributed by atoms with van der Waals surface area (Å²) in [6, 6.07) is 5.29. The molecule has 1 aliphatic rings. The molecule has 136 valence electrons. The van der Waals surface area contributed by atoms with Gasteiger partial charge in [-0.15, -0.1) is 4.72 Å². The van der Waals surface area contributed by atoms with E-state index in [-0.39, 0.29) is 12.1 Å². The van der Waals surface area contributed by atoms with Crippen molar-refractivity contribution < 1.29 is 18.8 Å². The summed E-state index contributed by atoms with van der Waals surface area (Å²) in [7, 11) is 1.62. The highest BCUT2D eigenvalue weighted by molar-refractivity contribution is 7.90. The van der Waals surface area contributed by atoms with Crippen molar-refractivity contribution in [3.8, 4) is 0 Å². The van der Waals surface area contributed by atoms with Crippen LogP contribution in [0, 0.1) is 0 Å². The predicted octanol–water partition coefficient (Wildman–Crippen LogP) is 2.34. The molecule has 0 saturated carbocycles. The normalized spacial score (nSPS) is 24.5. The molecule has 1 fully saturated rings. The second-order valence-corrected chi connectivity index (χ2v) is 9.30. The van der Waals surface area contributed by atoms with Crippen LogP contribution in [-0.4, -0.2) is 45.9 Å². The van der Waals surface area contributed by atoms with Gasteiger partial charge in [0, 0.05) is 24.7 Å². The molecule has 0 radical (unpaired) electrons. The van der Waals surface area contributed by atoms with Crippen molar-refractivity contribution in [2.75, 3.05) is 13.7 Å². The molecule has 0 spiro atoms. The van der Waals surface area contributed by atoms with Gasteiger partial charge in [-0.1, -0.05) is 6.07 Å². The Kier molecular flexibility index (Phi) is 6.28. The van der Waals surface area contributed by atoms with Gasteiger partial charge in [0.05, 0.1) is 12.3 Å². The van der Waals surface area contributed by atoms with Gasteiger partial charge in [0.25, 0.3) is 0 Å². The molecule has 1 aliphatic heterocycles. The standard InChI is InChI=1S/C17H28N2O4S/c1-16(2,3)24(20)19-14(13-11-22-17(4,5)23-13)15(21-6)12-9-7-8-10-18-12/h7-10,13-15,19H,11H2,1-6H3/t13-,14?,15?,24?/m1/s1. The Morgan fingerprint density at radius 2 is 2.12 bits per heavy atom. The molecule has 6 nitrogen and oxygen atoms in total. The summed E-state index contributed by atoms with van der Waals surface area (Å²) in [5.74, 6) is -0.670. The molecule has 24 heavy (non-hydrogen) atoms. The fourth-order valence-electron chi connectivity index (χ4n) is 2.52. The smallest absolute Gasteiger partial charge is 0.163 e. The van der Waals surface area contributed by atoms with Crippen LogP contribution in [0.2, 0.25) is 0 Å². The van der Waals surface area contributed by atoms with E-state index in [1.807, 2.05) is 52.8 Å². The van der Waals surface area contributed by atoms with Crippen LogP contribution < -0.4 is 4.72 Å². The van der Waals surface area contributed by atoms with Crippen molar-refractivity contribution in [3.05, 3.63) is 30.1 Å². The SMILES string of the molecule is COC(c1ccccn1)C(N[S+]([O-])C(C)(C)C)[C@H]1COC(C)(C)O1. The van der Waals surface area contributed by atoms with Gasteiger partial charge >= 0.3 is 0 Å². The van der Waals surface area contributed by atoms with E-state index in [0.717, 1.165) is 5.69 Å². The number of pyridine rings is 1. The highest BCUT2D eigenvalue weighted by Gasteiger charge is 2.45. The Labute approximate surface area is 147 Å². The number of hydrogen-bond donors (Lipinski definition) is 1. The maximum atomic E-state index is 12.7. The highest BCUT2D eigenvalue weighted by Crippen LogP contribution is 2.31. The van der Waals surface area contributed by atoms with Crippen LogP contribution in [0.4, 0.5) is 0 Å². The van der Waals surface area contributed by atoms with Crippen molar-refractivity contribution in [2.45, 2.75) is 63.4 Å². The van der Waals surface area contributed by atoms with Crippen LogP contribution in [0.1, 0.15) is 46.4 Å². The fraction of sp³-hybridized carbons (Fsp3) is 0.706. The molecular formula is C17H28N2O4S. The van der Waals surface area contributed by atoms with Gasteiger partial charge in [-0.25, -0.2) is 0 Å². The Balaban J connectivity index is 2.27. The minimum absolute atomic E-state index is 0.293. The van der Waals surface area contributed by atoms with Crippen molar-refractivity contribution in [1.29, 1.82) is 0 Å². The summed E-state index contributed by atoms with van der Waals surface area (Å²) in [5.41, 5.74) is 0.761. The largest absolute Gasteiger partial charge is 0.598 e. The lowest BCUT2D eigenvalue weighted by Gasteiger charge is -2.34. The second kappa shape index (κ2) is 7.68. The lowest BCUT2D eigenvalue weighted by Crippen LogP contribution is -2.53. The molecule has 0 aliphatic carbocycles. The maximum absolute atomic E-state index is 12.7. The van der Waals surface area contributed by atoms with E-state index < -0.39 is 28.0 Å². The van der Waals surface area contributed by atoms with Gasteiger partial charge in [0.15, 0.2) is 5.79 Å². The average molecular weight is 356 g/mol. The van der Waals surface area contributed by atoms with Crippen LogP contribution in [0.25, 0.3) is 0 Å². The number of nitrogens with one attached hydrogen (secondary N) is 1. The van der Waals surface area contributed by atoms with Crippen LogP contribution in [0.3, 0.4) is 0 Å². The highest BCUT2D eigenvalue weighted by atomic mass is 32.2. The maximum Gasteiger partial charge on any atom is 0.163 e. The molecule has 1 aromatic rings. The molecular weight excluding hydrogens is 328 g/mol. The second-order valence-electron chi connectivity index (χ2n) is 7.30. The summed E-state index contributed by atoms with van der Waals surface area (Å²) in [4.78, 5) is 4.39. The van der Waals surface area contributed by atoms with Crippen molar-refractivity contribution in [3.63, 3.8) is 0 Å². The summed E-state index contributed by atoms with van der Waals surface area (Å²) in [6.07, 6.45) is 1.02. The van der Waals surface area contributed by atoms with Gasteiger partial charge in [0.2, 0.25) is 0 Å². The van der Waals surface area contributed by atoms with E-state index in [2.05, 4.69) is 9.71 Å². The molecule has 1 N–H and O–H groups in total. The molecule has 2 rings (SSSR count). The molecule has 0 amide bonds. The number of aromatic nitrogens is 1. The zero-order valence-electron chi connectivity index (χ0n) is 15.2. The van der Waals surface area contributed by atoms with Crippen LogP contribution >= 0.6 is 0 Å². The first-order valence-corrected chi connectivity index (χ1v) is 9.22. The van der Waals surface area contributed by atoms with E-state index in [0.29, 0.717) is 6.61 Å². The molecule has 7 heteroatoms. The van der Waals surface area contributed by atoms with Crippen LogP contribution in [-0.2, 0) is 25.6 Å². The molecule has 2 heterocycles. The number of methoxy groups -OCH3 is 1. The monoisotopic (exact) mass is 356 g/mol. The molecule has 1 aromatic heterocycles. The zero-order valence-corrected chi connectivity index (χ0v) is 16.1. The first-order valence-electron chi connectivity index (χ1n) is 8.07. The number of nitrogens with zero attached hydrogens (tertiary/aromatic N) is 1. The van der Waals surface area contributed by atoms with E-state index in [4.69, 9.17) is 14.2 Å². The van der Waals surface area contributed by atoms with E-state index in [9.17, 15) is 4.55 Å². The Morgan fingerprint density at radius 1 is 1.42 bits per heavy atom. The Hall–Kier alpha value is -0.700. The Morgan fingerprint density at radius 3 is 2.58 bits per heavy atom. The summed E-state index contributed by atoms with van der Waals surface area (Å²) >= 11 is -1.28. The van der Waals surface area contributed by atoms with E-state index in [1.165, 1.54) is 0 Å². The molecule has 0 aromatic carbocycles. The third-order valence-corrected chi connectivity index (χ3v) is 5.39. The van der Waals surface area contributed by atoms with Crippen molar-refractivity contribution in [2.24, 2.45) is 0 Å². The van der Waals surface area contributed by atoms with E-state index >= 15 is 0 Å². The first-order chi connectivity index (χ1) is 11.1. The summed E-state index contributed by atoms with van der Waals surface area (Å²) in [5, 5.41) is 0. The van der Waals surface area contributed by atoms with Crippen molar-refractivity contribution in [1.82, 2.24) is 9.71 Å². The average Bonchev–Trinajstić information content (AvgIpc) is 2.87. The predicted molar refractivity (Wildman–Crippen MR) is 93.7 cm³/mol. The van der Waals surface area contributed by atoms with Crippen molar-refractivity contribution >= 4 is 11.4 Å². The number of rotatable bonds is 6. The Bertz CT molecular complexity index is 521. The quantitative estimate of drug-likeness (QED) is 0.789. The topological polar surface area (TPSA) is 75.7 Å². The minimum atomic E-state index is -1.28. The van der Waals surface area contributed by atoms with Gasteiger partial charge in [-0.05, 0) is 46.8 Å². The molecule has 0 bridgehead atoms. The molecule has 1 saturated heterocycles. The minimum Gasteiger partial charge on any atom is -0.598 e. The third-order valence-electron chi connectivity index (χ3n) is 3.79. The first kappa shape index (κ1) is 19.6. The van der Waals surface area contributed by atoms with Gasteiger partial charge in [-0.2, -0.15) is 0 Å². The fourth-order valence-corrected chi connectivity index (χ4v) is 3.40. The molecule has 3 unspecified atom stereocenters. The third kappa shape index (κ3) is 4.91. The van der Waals surface area contributed by atoms with Gasteiger partial charge in [0.1, 0.15) is 23.0 Å². The molecule has 4 atom stereocenters. The summed E-state index contributed by atoms with van der Waals surface area (Å²) < 4.78 is 32.8. The lowest BCUT2D eigenvalue weighted by atomic mass is 10.0. The van der Waals surface area contributed by atoms with Crippen LogP contribution in [0.5, 0.6) is 0 Å². The zero-order chi connectivity index (χ0) is 18.0. The van der Waals surface area contributed by atoms with Crippen LogP contribution in [0.15, 0.2) is 24.4 Å². The lowest BCUT2D eigenvalue weighted by molar-refractivity contribution is -0.145. The van der Waals surface area contributed by atoms with Gasteiger partial charge in [-0.3, -0.25) is 4.98 Å². The number of hydrogen-bond acceptors (Lipinski definition) is 6.